The first kappa shape index (κ1) is 20.6. The third-order valence-corrected chi connectivity index (χ3v) is 11.3. The number of likely N-dealkylation sites (N-methyl/N-ethyl adjacent to an activating group) is 1. The Morgan fingerprint density at radius 2 is 1.97 bits per heavy atom. The van der Waals surface area contributed by atoms with Gasteiger partial charge in [0.2, 0.25) is 0 Å². The first-order chi connectivity index (χ1) is 15.3. The summed E-state index contributed by atoms with van der Waals surface area (Å²) >= 11 is 0. The maximum absolute atomic E-state index is 12.8. The lowest BCUT2D eigenvalue weighted by Gasteiger charge is -2.68. The highest BCUT2D eigenvalue weighted by Gasteiger charge is 2.92. The molecule has 2 spiro atoms. The average Bonchev–Trinajstić information content (AvgIpc) is 3.25. The summed E-state index contributed by atoms with van der Waals surface area (Å²) in [6.07, 6.45) is 1.44. The van der Waals surface area contributed by atoms with E-state index in [1.54, 1.807) is 14.2 Å². The molecule has 7 aliphatic rings. The summed E-state index contributed by atoms with van der Waals surface area (Å²) in [7, 11) is 3.34. The number of likely N-dealkylation sites (tertiary alicyclic amines) is 1. The zero-order valence-electron chi connectivity index (χ0n) is 19.3. The lowest BCUT2D eigenvalue weighted by molar-refractivity contribution is -0.328. The second kappa shape index (κ2) is 5.89. The highest BCUT2D eigenvalue weighted by atomic mass is 16.6. The van der Waals surface area contributed by atoms with Crippen molar-refractivity contribution in [3.63, 3.8) is 0 Å². The number of piperidine rings is 1. The molecule has 13 unspecified atom stereocenters. The zero-order valence-corrected chi connectivity index (χ0v) is 19.3. The second-order valence-electron chi connectivity index (χ2n) is 11.6. The Hall–Kier alpha value is -0.770. The molecule has 32 heavy (non-hydrogen) atoms. The molecule has 0 aromatic heterocycles. The Kier molecular flexibility index (Phi) is 3.79. The van der Waals surface area contributed by atoms with E-state index in [-0.39, 0.29) is 53.5 Å². The summed E-state index contributed by atoms with van der Waals surface area (Å²) in [5.74, 6) is -0.580. The zero-order chi connectivity index (χ0) is 22.4. The van der Waals surface area contributed by atoms with Crippen molar-refractivity contribution in [1.82, 2.24) is 4.90 Å². The highest BCUT2D eigenvalue weighted by molar-refractivity contribution is 5.67. The van der Waals surface area contributed by atoms with E-state index in [0.29, 0.717) is 19.3 Å². The average molecular weight is 450 g/mol. The van der Waals surface area contributed by atoms with Gasteiger partial charge in [0.1, 0.15) is 11.2 Å². The number of methoxy groups -OCH3 is 2. The number of aliphatic hydroxyl groups excluding tert-OH is 1. The van der Waals surface area contributed by atoms with Gasteiger partial charge in [-0.15, -0.1) is 0 Å². The van der Waals surface area contributed by atoms with Crippen molar-refractivity contribution >= 4 is 5.97 Å². The SMILES string of the molecule is CCN1CC23OC2CC(O)C24C1C(CC32)C1(OC(C)=O)CC(OC)C2CC4C1(O)C2OC. The van der Waals surface area contributed by atoms with Gasteiger partial charge in [-0.05, 0) is 19.4 Å². The number of carbonyl (C=O) groups excluding carboxylic acids is 1. The highest BCUT2D eigenvalue weighted by Crippen LogP contribution is 2.81. The van der Waals surface area contributed by atoms with Gasteiger partial charge in [-0.25, -0.2) is 0 Å². The molecule has 7 fully saturated rings. The normalized spacial score (nSPS) is 63.1. The van der Waals surface area contributed by atoms with E-state index in [1.807, 2.05) is 0 Å². The molecular weight excluding hydrogens is 414 g/mol. The van der Waals surface area contributed by atoms with Gasteiger partial charge in [-0.3, -0.25) is 9.69 Å². The molecule has 0 aromatic rings. The van der Waals surface area contributed by atoms with Crippen LogP contribution in [0.3, 0.4) is 0 Å². The fraction of sp³-hybridized carbons (Fsp3) is 0.958. The molecule has 0 aromatic carbocycles. The van der Waals surface area contributed by atoms with E-state index in [2.05, 4.69) is 11.8 Å². The van der Waals surface area contributed by atoms with E-state index in [9.17, 15) is 15.0 Å². The molecule has 8 heteroatoms. The minimum Gasteiger partial charge on any atom is -0.456 e. The minimum absolute atomic E-state index is 0.00536. The van der Waals surface area contributed by atoms with Crippen LogP contribution < -0.4 is 0 Å². The molecule has 13 atom stereocenters. The third kappa shape index (κ3) is 1.79. The largest absolute Gasteiger partial charge is 0.456 e. The van der Waals surface area contributed by atoms with Crippen LogP contribution in [0.15, 0.2) is 0 Å². The number of aliphatic hydroxyl groups is 2. The molecule has 5 saturated carbocycles. The maximum atomic E-state index is 12.8. The Balaban J connectivity index is 1.52. The van der Waals surface area contributed by atoms with Crippen molar-refractivity contribution in [2.75, 3.05) is 27.3 Å². The van der Waals surface area contributed by atoms with Gasteiger partial charge in [0.15, 0.2) is 5.60 Å². The van der Waals surface area contributed by atoms with E-state index in [0.717, 1.165) is 19.5 Å². The first-order valence-corrected chi connectivity index (χ1v) is 12.3. The standard InChI is InChI=1S/C24H35NO7/c1-5-25-10-21-15-7-13-19(25)23(15,17(27)8-18(21)32-21)16-6-12-14(29-3)9-22(13,31-11(2)26)24(16,28)20(12)30-4/h12-20,27-28H,5-10H2,1-4H3. The van der Waals surface area contributed by atoms with Gasteiger partial charge in [0.25, 0.3) is 0 Å². The van der Waals surface area contributed by atoms with Crippen LogP contribution in [0.1, 0.15) is 39.5 Å². The van der Waals surface area contributed by atoms with E-state index >= 15 is 0 Å². The summed E-state index contributed by atoms with van der Waals surface area (Å²) in [6, 6.07) is 0.0414. The van der Waals surface area contributed by atoms with Crippen LogP contribution in [0.5, 0.6) is 0 Å². The summed E-state index contributed by atoms with van der Waals surface area (Å²) < 4.78 is 24.7. The fourth-order valence-electron chi connectivity index (χ4n) is 10.8. The first-order valence-electron chi connectivity index (χ1n) is 12.3. The van der Waals surface area contributed by atoms with Crippen LogP contribution >= 0.6 is 0 Å². The molecular formula is C24H35NO7. The molecule has 2 heterocycles. The Labute approximate surface area is 188 Å². The van der Waals surface area contributed by atoms with Crippen LogP contribution in [0.25, 0.3) is 0 Å². The van der Waals surface area contributed by atoms with E-state index in [4.69, 9.17) is 18.9 Å². The fourth-order valence-corrected chi connectivity index (χ4v) is 10.8. The maximum Gasteiger partial charge on any atom is 0.303 e. The number of fused-ring (bicyclic) bond motifs is 2. The van der Waals surface area contributed by atoms with Crippen molar-refractivity contribution in [3.05, 3.63) is 0 Å². The van der Waals surface area contributed by atoms with E-state index in [1.165, 1.54) is 6.92 Å². The number of ether oxygens (including phenoxy) is 4. The monoisotopic (exact) mass is 449 g/mol. The lowest BCUT2D eigenvalue weighted by Crippen LogP contribution is -2.82. The molecule has 2 aliphatic heterocycles. The van der Waals surface area contributed by atoms with Crippen LogP contribution in [0, 0.1) is 29.1 Å². The second-order valence-corrected chi connectivity index (χ2v) is 11.6. The van der Waals surface area contributed by atoms with Crippen molar-refractivity contribution in [3.8, 4) is 0 Å². The van der Waals surface area contributed by atoms with Crippen molar-refractivity contribution in [1.29, 1.82) is 0 Å². The topological polar surface area (TPSA) is 101 Å². The van der Waals surface area contributed by atoms with Gasteiger partial charge >= 0.3 is 5.97 Å². The summed E-state index contributed by atoms with van der Waals surface area (Å²) in [5.41, 5.74) is -3.19. The van der Waals surface area contributed by atoms with E-state index < -0.39 is 28.8 Å². The molecule has 7 rings (SSSR count). The summed E-state index contributed by atoms with van der Waals surface area (Å²) in [4.78, 5) is 15.1. The molecule has 5 aliphatic carbocycles. The number of epoxide rings is 1. The predicted octanol–water partition coefficient (Wildman–Crippen LogP) is 0.332. The van der Waals surface area contributed by atoms with Gasteiger partial charge in [-0.2, -0.15) is 0 Å². The Morgan fingerprint density at radius 3 is 2.62 bits per heavy atom. The molecule has 178 valence electrons. The summed E-state index contributed by atoms with van der Waals surface area (Å²) in [6.45, 7) is 5.30. The number of carbonyl (C=O) groups is 1. The van der Waals surface area contributed by atoms with Crippen LogP contribution in [-0.4, -0.2) is 95.7 Å². The molecule has 7 bridgehead atoms. The van der Waals surface area contributed by atoms with Crippen molar-refractivity contribution < 1.29 is 34.0 Å². The van der Waals surface area contributed by atoms with Crippen molar-refractivity contribution in [2.45, 2.75) is 86.8 Å². The number of hydrogen-bond acceptors (Lipinski definition) is 8. The molecule has 0 radical (unpaired) electrons. The number of rotatable bonds is 4. The van der Waals surface area contributed by atoms with Crippen LogP contribution in [0.2, 0.25) is 0 Å². The van der Waals surface area contributed by atoms with Gasteiger partial charge < -0.3 is 29.2 Å². The number of hydrogen-bond donors (Lipinski definition) is 2. The smallest absolute Gasteiger partial charge is 0.303 e. The Bertz CT molecular complexity index is 884. The number of nitrogens with zero attached hydrogens (tertiary/aromatic N) is 1. The predicted molar refractivity (Wildman–Crippen MR) is 111 cm³/mol. The molecule has 2 N–H and O–H groups in total. The number of esters is 1. The van der Waals surface area contributed by atoms with Gasteiger partial charge in [0.05, 0.1) is 24.4 Å². The third-order valence-electron chi connectivity index (χ3n) is 11.3. The van der Waals surface area contributed by atoms with Crippen LogP contribution in [-0.2, 0) is 23.7 Å². The summed E-state index contributed by atoms with van der Waals surface area (Å²) in [5, 5.41) is 24.6. The molecule has 2 saturated heterocycles. The minimum atomic E-state index is -1.36. The lowest BCUT2D eigenvalue weighted by atomic mass is 9.44. The van der Waals surface area contributed by atoms with Crippen molar-refractivity contribution in [2.24, 2.45) is 29.1 Å². The van der Waals surface area contributed by atoms with Crippen LogP contribution in [0.4, 0.5) is 0 Å². The van der Waals surface area contributed by atoms with Gasteiger partial charge in [-0.1, -0.05) is 6.92 Å². The molecule has 8 nitrogen and oxygen atoms in total. The molecule has 0 amide bonds. The van der Waals surface area contributed by atoms with Gasteiger partial charge in [0, 0.05) is 75.7 Å². The Morgan fingerprint density at radius 1 is 1.19 bits per heavy atom. The quantitative estimate of drug-likeness (QED) is 0.468.